The van der Waals surface area contributed by atoms with Gasteiger partial charge in [-0.2, -0.15) is 0 Å². The van der Waals surface area contributed by atoms with Gasteiger partial charge in [0, 0.05) is 6.04 Å². The summed E-state index contributed by atoms with van der Waals surface area (Å²) < 4.78 is 5.60. The number of amides is 1. The van der Waals surface area contributed by atoms with Crippen LogP contribution in [0.2, 0.25) is 0 Å². The molecular weight excluding hydrogens is 252 g/mol. The summed E-state index contributed by atoms with van der Waals surface area (Å²) in [6, 6.07) is 6.28. The molecular formula is C16H22N2O2. The molecule has 1 amide bonds. The second-order valence-corrected chi connectivity index (χ2v) is 6.43. The van der Waals surface area contributed by atoms with Crippen LogP contribution in [0.15, 0.2) is 18.2 Å². The fourth-order valence-corrected chi connectivity index (χ4v) is 3.14. The van der Waals surface area contributed by atoms with Gasteiger partial charge in [-0.15, -0.1) is 0 Å². The summed E-state index contributed by atoms with van der Waals surface area (Å²) in [5.74, 6) is 1.28. The van der Waals surface area contributed by atoms with Crippen molar-refractivity contribution in [2.75, 3.05) is 20.2 Å². The average Bonchev–Trinajstić information content (AvgIpc) is 3.08. The molecule has 2 N–H and O–H groups in total. The maximum absolute atomic E-state index is 12.1. The molecule has 1 saturated carbocycles. The third kappa shape index (κ3) is 2.29. The van der Waals surface area contributed by atoms with Crippen molar-refractivity contribution in [2.24, 2.45) is 11.3 Å². The summed E-state index contributed by atoms with van der Waals surface area (Å²) in [4.78, 5) is 12.1. The second kappa shape index (κ2) is 4.77. The molecule has 1 heterocycles. The Hall–Kier alpha value is -1.55. The van der Waals surface area contributed by atoms with Gasteiger partial charge in [0.1, 0.15) is 12.4 Å². The monoisotopic (exact) mass is 274 g/mol. The molecule has 1 aromatic rings. The van der Waals surface area contributed by atoms with E-state index in [-0.39, 0.29) is 5.91 Å². The van der Waals surface area contributed by atoms with E-state index >= 15 is 0 Å². The second-order valence-electron chi connectivity index (χ2n) is 6.43. The maximum atomic E-state index is 12.1. The molecule has 0 radical (unpaired) electrons. The largest absolute Gasteiger partial charge is 0.491 e. The Labute approximate surface area is 119 Å². The third-order valence-corrected chi connectivity index (χ3v) is 4.56. The quantitative estimate of drug-likeness (QED) is 0.887. The fraction of sp³-hybridized carbons (Fsp3) is 0.562. The fourth-order valence-electron chi connectivity index (χ4n) is 3.14. The number of nitrogens with one attached hydrogen (secondary N) is 2. The van der Waals surface area contributed by atoms with Crippen molar-refractivity contribution in [3.63, 3.8) is 0 Å². The molecule has 1 aromatic carbocycles. The maximum Gasteiger partial charge on any atom is 0.255 e. The van der Waals surface area contributed by atoms with E-state index in [2.05, 4.69) is 30.5 Å². The number of benzene rings is 1. The molecule has 3 rings (SSSR count). The van der Waals surface area contributed by atoms with Crippen molar-refractivity contribution in [2.45, 2.75) is 26.3 Å². The summed E-state index contributed by atoms with van der Waals surface area (Å²) in [5.41, 5.74) is 2.21. The van der Waals surface area contributed by atoms with Gasteiger partial charge in [-0.1, -0.05) is 19.9 Å². The van der Waals surface area contributed by atoms with Crippen molar-refractivity contribution >= 4 is 5.91 Å². The molecule has 0 saturated heterocycles. The predicted octanol–water partition coefficient (Wildman–Crippen LogP) is 2.12. The Kier molecular flexibility index (Phi) is 3.21. The van der Waals surface area contributed by atoms with Gasteiger partial charge in [-0.05, 0) is 42.5 Å². The molecule has 2 unspecified atom stereocenters. The Balaban J connectivity index is 1.93. The van der Waals surface area contributed by atoms with Crippen LogP contribution in [0.3, 0.4) is 0 Å². The van der Waals surface area contributed by atoms with Gasteiger partial charge in [0.15, 0.2) is 0 Å². The Morgan fingerprint density at radius 2 is 2.20 bits per heavy atom. The number of rotatable bonds is 3. The number of carbonyl (C=O) groups is 1. The Morgan fingerprint density at radius 3 is 2.85 bits per heavy atom. The first-order valence-electron chi connectivity index (χ1n) is 7.25. The van der Waals surface area contributed by atoms with Crippen molar-refractivity contribution in [3.8, 4) is 5.75 Å². The molecule has 2 atom stereocenters. The minimum absolute atomic E-state index is 0.0377. The van der Waals surface area contributed by atoms with Crippen molar-refractivity contribution in [3.05, 3.63) is 29.3 Å². The number of fused-ring (bicyclic) bond motifs is 1. The highest BCUT2D eigenvalue weighted by Crippen LogP contribution is 2.57. The number of hydrogen-bond acceptors (Lipinski definition) is 3. The van der Waals surface area contributed by atoms with E-state index in [1.807, 2.05) is 19.2 Å². The van der Waals surface area contributed by atoms with Crippen LogP contribution in [-0.4, -0.2) is 26.1 Å². The highest BCUT2D eigenvalue weighted by atomic mass is 16.5. The predicted molar refractivity (Wildman–Crippen MR) is 78.0 cm³/mol. The molecule has 1 aliphatic heterocycles. The van der Waals surface area contributed by atoms with Gasteiger partial charge in [-0.3, -0.25) is 4.79 Å². The molecule has 4 nitrogen and oxygen atoms in total. The molecule has 2 aliphatic rings. The van der Waals surface area contributed by atoms with Crippen LogP contribution in [0, 0.1) is 11.3 Å². The van der Waals surface area contributed by atoms with Gasteiger partial charge < -0.3 is 15.4 Å². The first-order chi connectivity index (χ1) is 9.53. The number of hydrogen-bond donors (Lipinski definition) is 2. The van der Waals surface area contributed by atoms with E-state index in [0.29, 0.717) is 41.8 Å². The lowest BCUT2D eigenvalue weighted by atomic mass is 9.95. The normalized spacial score (nSPS) is 24.9. The Morgan fingerprint density at radius 1 is 1.45 bits per heavy atom. The summed E-state index contributed by atoms with van der Waals surface area (Å²) in [7, 11) is 1.99. The number of ether oxygens (including phenoxy) is 1. The smallest absolute Gasteiger partial charge is 0.255 e. The molecule has 0 spiro atoms. The van der Waals surface area contributed by atoms with Crippen LogP contribution in [0.25, 0.3) is 0 Å². The summed E-state index contributed by atoms with van der Waals surface area (Å²) in [6.45, 7) is 5.68. The van der Waals surface area contributed by atoms with Crippen LogP contribution in [0.1, 0.15) is 42.2 Å². The molecule has 20 heavy (non-hydrogen) atoms. The minimum atomic E-state index is -0.0377. The zero-order valence-electron chi connectivity index (χ0n) is 12.3. The lowest BCUT2D eigenvalue weighted by Crippen LogP contribution is -2.25. The first kappa shape index (κ1) is 13.4. The molecule has 108 valence electrons. The van der Waals surface area contributed by atoms with Crippen LogP contribution in [0.4, 0.5) is 0 Å². The van der Waals surface area contributed by atoms with E-state index in [0.717, 1.165) is 0 Å². The van der Waals surface area contributed by atoms with E-state index in [1.54, 1.807) is 0 Å². The van der Waals surface area contributed by atoms with Crippen molar-refractivity contribution in [1.82, 2.24) is 10.6 Å². The van der Waals surface area contributed by atoms with Gasteiger partial charge in [0.05, 0.1) is 12.1 Å². The number of carbonyl (C=O) groups excluding carboxylic acids is 1. The van der Waals surface area contributed by atoms with Crippen LogP contribution in [0.5, 0.6) is 5.75 Å². The lowest BCUT2D eigenvalue weighted by molar-refractivity contribution is 0.0957. The molecule has 0 bridgehead atoms. The van der Waals surface area contributed by atoms with Gasteiger partial charge in [-0.25, -0.2) is 0 Å². The van der Waals surface area contributed by atoms with E-state index in [1.165, 1.54) is 12.0 Å². The first-order valence-corrected chi connectivity index (χ1v) is 7.25. The summed E-state index contributed by atoms with van der Waals surface area (Å²) in [6.07, 6.45) is 1.22. The summed E-state index contributed by atoms with van der Waals surface area (Å²) in [5, 5.41) is 6.26. The van der Waals surface area contributed by atoms with Crippen LogP contribution >= 0.6 is 0 Å². The molecule has 0 aromatic heterocycles. The molecule has 4 heteroatoms. The van der Waals surface area contributed by atoms with Gasteiger partial charge in [0.25, 0.3) is 5.91 Å². The molecule has 1 aliphatic carbocycles. The lowest BCUT2D eigenvalue weighted by Gasteiger charge is -2.20. The Bertz CT molecular complexity index is 539. The highest BCUT2D eigenvalue weighted by molar-refractivity contribution is 5.97. The zero-order chi connectivity index (χ0) is 14.3. The summed E-state index contributed by atoms with van der Waals surface area (Å²) >= 11 is 0. The van der Waals surface area contributed by atoms with Crippen molar-refractivity contribution < 1.29 is 9.53 Å². The van der Waals surface area contributed by atoms with Crippen LogP contribution in [-0.2, 0) is 0 Å². The SMILES string of the molecule is CNC(c1ccc2c(c1)C(=O)NCCO2)C1CC1(C)C. The van der Waals surface area contributed by atoms with Crippen molar-refractivity contribution in [1.29, 1.82) is 0 Å². The van der Waals surface area contributed by atoms with E-state index < -0.39 is 0 Å². The van der Waals surface area contributed by atoms with E-state index in [9.17, 15) is 4.79 Å². The van der Waals surface area contributed by atoms with E-state index in [4.69, 9.17) is 4.74 Å². The third-order valence-electron chi connectivity index (χ3n) is 4.56. The van der Waals surface area contributed by atoms with Crippen LogP contribution < -0.4 is 15.4 Å². The topological polar surface area (TPSA) is 50.4 Å². The highest BCUT2D eigenvalue weighted by Gasteiger charge is 2.50. The van der Waals surface area contributed by atoms with Gasteiger partial charge >= 0.3 is 0 Å². The molecule has 1 fully saturated rings. The zero-order valence-corrected chi connectivity index (χ0v) is 12.3. The minimum Gasteiger partial charge on any atom is -0.491 e. The van der Waals surface area contributed by atoms with Gasteiger partial charge in [0.2, 0.25) is 0 Å². The standard InChI is InChI=1S/C16H22N2O2/c1-16(2)9-12(16)14(17-3)10-4-5-13-11(8-10)15(19)18-6-7-20-13/h4-5,8,12,14,17H,6-7,9H2,1-3H3,(H,18,19). The average molecular weight is 274 g/mol.